The fraction of sp³-hybridized carbons (Fsp3) is 0.625. The zero-order valence-electron chi connectivity index (χ0n) is 12.7. The molecule has 0 spiro atoms. The third kappa shape index (κ3) is 3.82. The van der Waals surface area contributed by atoms with Gasteiger partial charge in [0.1, 0.15) is 0 Å². The van der Waals surface area contributed by atoms with Gasteiger partial charge in [0.05, 0.1) is 19.2 Å². The minimum absolute atomic E-state index is 0.295. The topological polar surface area (TPSA) is 50.7 Å². The maximum absolute atomic E-state index is 9.34. The molecule has 2 N–H and O–H groups in total. The molecule has 0 amide bonds. The summed E-state index contributed by atoms with van der Waals surface area (Å²) in [5, 5.41) is 13.4. The standard InChI is InChI=1S/C16H24ClNO3/c1-20-14-7-6-12(15(17)16(14)21-2)9-18-8-11-4-3-5-13(11)10-19/h6-7,11,13,18-19H,3-5,8-10H2,1-2H3. The van der Waals surface area contributed by atoms with Crippen LogP contribution in [0, 0.1) is 11.8 Å². The summed E-state index contributed by atoms with van der Waals surface area (Å²) in [4.78, 5) is 0. The Kier molecular flexibility index (Phi) is 6.15. The van der Waals surface area contributed by atoms with Crippen molar-refractivity contribution in [3.05, 3.63) is 22.7 Å². The lowest BCUT2D eigenvalue weighted by Crippen LogP contribution is -2.26. The number of benzene rings is 1. The third-order valence-electron chi connectivity index (χ3n) is 4.34. The summed E-state index contributed by atoms with van der Waals surface area (Å²) in [5.74, 6) is 2.22. The molecule has 1 aliphatic carbocycles. The molecule has 2 unspecified atom stereocenters. The van der Waals surface area contributed by atoms with Crippen molar-refractivity contribution < 1.29 is 14.6 Å². The van der Waals surface area contributed by atoms with Crippen LogP contribution in [0.1, 0.15) is 24.8 Å². The van der Waals surface area contributed by atoms with Gasteiger partial charge in [0.2, 0.25) is 0 Å². The van der Waals surface area contributed by atoms with Crippen LogP contribution in [0.3, 0.4) is 0 Å². The quantitative estimate of drug-likeness (QED) is 0.813. The van der Waals surface area contributed by atoms with Crippen LogP contribution in [0.25, 0.3) is 0 Å². The highest BCUT2D eigenvalue weighted by atomic mass is 35.5. The zero-order valence-corrected chi connectivity index (χ0v) is 13.4. The Balaban J connectivity index is 1.94. The second-order valence-electron chi connectivity index (χ2n) is 5.54. The molecule has 118 valence electrons. The number of hydrogen-bond acceptors (Lipinski definition) is 4. The van der Waals surface area contributed by atoms with Gasteiger partial charge < -0.3 is 19.9 Å². The van der Waals surface area contributed by atoms with Gasteiger partial charge in [0.25, 0.3) is 0 Å². The smallest absolute Gasteiger partial charge is 0.179 e. The average molecular weight is 314 g/mol. The average Bonchev–Trinajstić information content (AvgIpc) is 2.96. The van der Waals surface area contributed by atoms with Crippen LogP contribution < -0.4 is 14.8 Å². The van der Waals surface area contributed by atoms with Gasteiger partial charge in [0, 0.05) is 13.2 Å². The maximum atomic E-state index is 9.34. The molecule has 0 heterocycles. The van der Waals surface area contributed by atoms with E-state index in [9.17, 15) is 5.11 Å². The molecule has 0 saturated heterocycles. The molecule has 0 aliphatic heterocycles. The number of aliphatic hydroxyl groups excluding tert-OH is 1. The first-order valence-electron chi connectivity index (χ1n) is 7.42. The lowest BCUT2D eigenvalue weighted by atomic mass is 9.97. The molecular formula is C16H24ClNO3. The number of nitrogens with one attached hydrogen (secondary N) is 1. The van der Waals surface area contributed by atoms with Gasteiger partial charge in [-0.25, -0.2) is 0 Å². The Labute approximate surface area is 131 Å². The van der Waals surface area contributed by atoms with Crippen LogP contribution in [-0.2, 0) is 6.54 Å². The molecule has 1 saturated carbocycles. The Morgan fingerprint density at radius 1 is 1.24 bits per heavy atom. The molecule has 1 aromatic carbocycles. The van der Waals surface area contributed by atoms with E-state index in [-0.39, 0.29) is 0 Å². The Hall–Kier alpha value is -0.970. The normalized spacial score (nSPS) is 21.5. The van der Waals surface area contributed by atoms with Crippen molar-refractivity contribution in [2.24, 2.45) is 11.8 Å². The Bertz CT molecular complexity index is 467. The van der Waals surface area contributed by atoms with E-state index in [2.05, 4.69) is 5.32 Å². The number of methoxy groups -OCH3 is 2. The first kappa shape index (κ1) is 16.4. The minimum Gasteiger partial charge on any atom is -0.493 e. The van der Waals surface area contributed by atoms with Gasteiger partial charge in [0.15, 0.2) is 11.5 Å². The highest BCUT2D eigenvalue weighted by Gasteiger charge is 2.26. The SMILES string of the molecule is COc1ccc(CNCC2CCCC2CO)c(Cl)c1OC. The molecule has 4 nitrogen and oxygen atoms in total. The van der Waals surface area contributed by atoms with E-state index in [4.69, 9.17) is 21.1 Å². The van der Waals surface area contributed by atoms with E-state index >= 15 is 0 Å². The molecule has 2 rings (SSSR count). The monoisotopic (exact) mass is 313 g/mol. The molecule has 21 heavy (non-hydrogen) atoms. The van der Waals surface area contributed by atoms with Crippen molar-refractivity contribution in [3.63, 3.8) is 0 Å². The van der Waals surface area contributed by atoms with Crippen LogP contribution in [0.4, 0.5) is 0 Å². The fourth-order valence-corrected chi connectivity index (χ4v) is 3.38. The lowest BCUT2D eigenvalue weighted by Gasteiger charge is -2.18. The molecule has 0 radical (unpaired) electrons. The molecule has 2 atom stereocenters. The predicted molar refractivity (Wildman–Crippen MR) is 84.2 cm³/mol. The number of halogens is 1. The highest BCUT2D eigenvalue weighted by Crippen LogP contribution is 2.37. The molecule has 1 aliphatic rings. The van der Waals surface area contributed by atoms with E-state index in [1.54, 1.807) is 14.2 Å². The van der Waals surface area contributed by atoms with Gasteiger partial charge >= 0.3 is 0 Å². The minimum atomic E-state index is 0.295. The first-order valence-corrected chi connectivity index (χ1v) is 7.80. The van der Waals surface area contributed by atoms with Gasteiger partial charge in [-0.05, 0) is 42.9 Å². The summed E-state index contributed by atoms with van der Waals surface area (Å²) < 4.78 is 10.5. The molecular weight excluding hydrogens is 290 g/mol. The third-order valence-corrected chi connectivity index (χ3v) is 4.75. The van der Waals surface area contributed by atoms with E-state index in [1.165, 1.54) is 12.8 Å². The largest absolute Gasteiger partial charge is 0.493 e. The number of hydrogen-bond donors (Lipinski definition) is 2. The first-order chi connectivity index (χ1) is 10.2. The summed E-state index contributed by atoms with van der Waals surface area (Å²) in [5.41, 5.74) is 0.993. The summed E-state index contributed by atoms with van der Waals surface area (Å²) in [6, 6.07) is 3.82. The van der Waals surface area contributed by atoms with Gasteiger partial charge in [-0.1, -0.05) is 24.1 Å². The van der Waals surface area contributed by atoms with E-state index in [0.29, 0.717) is 41.5 Å². The van der Waals surface area contributed by atoms with Crippen LogP contribution in [0.2, 0.25) is 5.02 Å². The number of aliphatic hydroxyl groups is 1. The van der Waals surface area contributed by atoms with E-state index < -0.39 is 0 Å². The molecule has 0 bridgehead atoms. The molecule has 1 aromatic rings. The highest BCUT2D eigenvalue weighted by molar-refractivity contribution is 6.33. The van der Waals surface area contributed by atoms with Crippen molar-refractivity contribution in [2.75, 3.05) is 27.4 Å². The Morgan fingerprint density at radius 3 is 2.67 bits per heavy atom. The second kappa shape index (κ2) is 7.87. The van der Waals surface area contributed by atoms with Crippen molar-refractivity contribution in [2.45, 2.75) is 25.8 Å². The van der Waals surface area contributed by atoms with Crippen molar-refractivity contribution >= 4 is 11.6 Å². The van der Waals surface area contributed by atoms with Crippen LogP contribution in [0.5, 0.6) is 11.5 Å². The van der Waals surface area contributed by atoms with Gasteiger partial charge in [-0.2, -0.15) is 0 Å². The summed E-state index contributed by atoms with van der Waals surface area (Å²) in [7, 11) is 3.19. The fourth-order valence-electron chi connectivity index (χ4n) is 3.08. The van der Waals surface area contributed by atoms with E-state index in [1.807, 2.05) is 12.1 Å². The Morgan fingerprint density at radius 2 is 2.00 bits per heavy atom. The van der Waals surface area contributed by atoms with Crippen molar-refractivity contribution in [3.8, 4) is 11.5 Å². The van der Waals surface area contributed by atoms with Crippen LogP contribution in [0.15, 0.2) is 12.1 Å². The summed E-state index contributed by atoms with van der Waals surface area (Å²) >= 11 is 6.36. The summed E-state index contributed by atoms with van der Waals surface area (Å²) in [6.45, 7) is 1.90. The van der Waals surface area contributed by atoms with Crippen LogP contribution >= 0.6 is 11.6 Å². The molecule has 0 aromatic heterocycles. The second-order valence-corrected chi connectivity index (χ2v) is 5.92. The number of ether oxygens (including phenoxy) is 2. The van der Waals surface area contributed by atoms with Crippen molar-refractivity contribution in [1.29, 1.82) is 0 Å². The zero-order chi connectivity index (χ0) is 15.2. The van der Waals surface area contributed by atoms with Crippen molar-refractivity contribution in [1.82, 2.24) is 5.32 Å². The summed E-state index contributed by atoms with van der Waals surface area (Å²) in [6.07, 6.45) is 3.55. The predicted octanol–water partition coefficient (Wildman–Crippen LogP) is 2.86. The van der Waals surface area contributed by atoms with Gasteiger partial charge in [-0.15, -0.1) is 0 Å². The lowest BCUT2D eigenvalue weighted by molar-refractivity contribution is 0.192. The molecule has 5 heteroatoms. The van der Waals surface area contributed by atoms with E-state index in [0.717, 1.165) is 18.5 Å². The number of rotatable bonds is 7. The van der Waals surface area contributed by atoms with Gasteiger partial charge in [-0.3, -0.25) is 0 Å². The van der Waals surface area contributed by atoms with Crippen LogP contribution in [-0.4, -0.2) is 32.5 Å². The maximum Gasteiger partial charge on any atom is 0.179 e. The molecule has 1 fully saturated rings.